The average Bonchev–Trinajstić information content (AvgIpc) is 2.65. The molecular weight excluding hydrogens is 328 g/mol. The number of benzene rings is 3. The molecule has 26 heavy (non-hydrogen) atoms. The molecule has 4 heteroatoms. The second kappa shape index (κ2) is 7.66. The van der Waals surface area contributed by atoms with Gasteiger partial charge in [-0.1, -0.05) is 36.4 Å². The zero-order valence-corrected chi connectivity index (χ0v) is 14.6. The van der Waals surface area contributed by atoms with Crippen molar-refractivity contribution in [2.45, 2.75) is 13.8 Å². The van der Waals surface area contributed by atoms with E-state index in [2.05, 4.69) is 0 Å². The van der Waals surface area contributed by atoms with Crippen molar-refractivity contribution >= 4 is 11.9 Å². The molecule has 0 aliphatic rings. The maximum Gasteiger partial charge on any atom is 0.344 e. The monoisotopic (exact) mass is 346 g/mol. The van der Waals surface area contributed by atoms with Crippen LogP contribution < -0.4 is 9.47 Å². The number of hydrogen-bond acceptors (Lipinski definition) is 4. The summed E-state index contributed by atoms with van der Waals surface area (Å²) in [6.45, 7) is 3.92. The van der Waals surface area contributed by atoms with E-state index >= 15 is 0 Å². The number of hydrogen-bond donors (Lipinski definition) is 0. The highest BCUT2D eigenvalue weighted by Crippen LogP contribution is 2.20. The highest BCUT2D eigenvalue weighted by Gasteiger charge is 2.20. The highest BCUT2D eigenvalue weighted by atomic mass is 16.5. The van der Waals surface area contributed by atoms with Gasteiger partial charge in [-0.3, -0.25) is 0 Å². The Bertz CT molecular complexity index is 945. The van der Waals surface area contributed by atoms with E-state index in [-0.39, 0.29) is 11.1 Å². The number of rotatable bonds is 4. The van der Waals surface area contributed by atoms with Crippen LogP contribution in [-0.2, 0) is 0 Å². The van der Waals surface area contributed by atoms with Gasteiger partial charge < -0.3 is 9.47 Å². The number of esters is 2. The summed E-state index contributed by atoms with van der Waals surface area (Å²) in [5.74, 6) is -0.364. The standard InChI is InChI=1S/C22H18O4/c1-15-12-13-18(14-16(15)2)26-22(24)20-11-7-6-10-19(20)21(23)25-17-8-4-3-5-9-17/h3-14H,1-2H3. The number of carbonyl (C=O) groups is 2. The molecule has 0 bridgehead atoms. The topological polar surface area (TPSA) is 52.6 Å². The van der Waals surface area contributed by atoms with Crippen LogP contribution >= 0.6 is 0 Å². The molecule has 0 unspecified atom stereocenters. The summed E-state index contributed by atoms with van der Waals surface area (Å²) >= 11 is 0. The largest absolute Gasteiger partial charge is 0.423 e. The first-order chi connectivity index (χ1) is 12.5. The summed E-state index contributed by atoms with van der Waals surface area (Å²) in [4.78, 5) is 25.0. The van der Waals surface area contributed by atoms with Crippen molar-refractivity contribution in [3.8, 4) is 11.5 Å². The summed E-state index contributed by atoms with van der Waals surface area (Å²) < 4.78 is 10.8. The van der Waals surface area contributed by atoms with E-state index in [9.17, 15) is 9.59 Å². The first-order valence-corrected chi connectivity index (χ1v) is 8.20. The second-order valence-corrected chi connectivity index (χ2v) is 5.88. The van der Waals surface area contributed by atoms with Crippen molar-refractivity contribution in [1.29, 1.82) is 0 Å². The van der Waals surface area contributed by atoms with E-state index in [1.54, 1.807) is 60.7 Å². The van der Waals surface area contributed by atoms with E-state index in [4.69, 9.17) is 9.47 Å². The highest BCUT2D eigenvalue weighted by molar-refractivity contribution is 6.04. The van der Waals surface area contributed by atoms with Crippen LogP contribution in [0.3, 0.4) is 0 Å². The van der Waals surface area contributed by atoms with Crippen LogP contribution in [-0.4, -0.2) is 11.9 Å². The number of ether oxygens (including phenoxy) is 2. The predicted octanol–water partition coefficient (Wildman–Crippen LogP) is 4.74. The molecule has 3 aromatic carbocycles. The Morgan fingerprint density at radius 2 is 1.15 bits per heavy atom. The molecule has 0 aromatic heterocycles. The lowest BCUT2D eigenvalue weighted by atomic mass is 10.1. The van der Waals surface area contributed by atoms with Crippen LogP contribution in [0.1, 0.15) is 31.8 Å². The van der Waals surface area contributed by atoms with Gasteiger partial charge in [-0.15, -0.1) is 0 Å². The Morgan fingerprint density at radius 1 is 0.615 bits per heavy atom. The summed E-state index contributed by atoms with van der Waals surface area (Å²) in [6.07, 6.45) is 0. The molecule has 130 valence electrons. The fourth-order valence-electron chi connectivity index (χ4n) is 2.43. The fraction of sp³-hybridized carbons (Fsp3) is 0.0909. The molecule has 0 saturated heterocycles. The van der Waals surface area contributed by atoms with Crippen molar-refractivity contribution in [1.82, 2.24) is 0 Å². The Balaban J connectivity index is 1.82. The molecule has 0 saturated carbocycles. The van der Waals surface area contributed by atoms with Gasteiger partial charge in [-0.25, -0.2) is 9.59 Å². The maximum absolute atomic E-state index is 12.6. The Morgan fingerprint density at radius 3 is 1.73 bits per heavy atom. The molecule has 0 radical (unpaired) electrons. The third-order valence-electron chi connectivity index (χ3n) is 4.01. The predicted molar refractivity (Wildman–Crippen MR) is 98.7 cm³/mol. The molecule has 0 aliphatic heterocycles. The molecule has 0 spiro atoms. The van der Waals surface area contributed by atoms with E-state index in [0.29, 0.717) is 11.5 Å². The van der Waals surface area contributed by atoms with Gasteiger partial charge in [0.25, 0.3) is 0 Å². The normalized spacial score (nSPS) is 10.2. The Kier molecular flexibility index (Phi) is 5.13. The van der Waals surface area contributed by atoms with Gasteiger partial charge in [-0.05, 0) is 61.4 Å². The molecule has 0 N–H and O–H groups in total. The van der Waals surface area contributed by atoms with Crippen LogP contribution in [0, 0.1) is 13.8 Å². The number of para-hydroxylation sites is 1. The van der Waals surface area contributed by atoms with Crippen LogP contribution in [0.4, 0.5) is 0 Å². The minimum absolute atomic E-state index is 0.158. The van der Waals surface area contributed by atoms with Gasteiger partial charge in [-0.2, -0.15) is 0 Å². The SMILES string of the molecule is Cc1ccc(OC(=O)c2ccccc2C(=O)Oc2ccccc2)cc1C. The molecule has 0 heterocycles. The maximum atomic E-state index is 12.6. The average molecular weight is 346 g/mol. The van der Waals surface area contributed by atoms with Gasteiger partial charge in [0, 0.05) is 0 Å². The Hall–Kier alpha value is -3.40. The van der Waals surface area contributed by atoms with E-state index in [1.165, 1.54) is 0 Å². The zero-order valence-electron chi connectivity index (χ0n) is 14.6. The minimum Gasteiger partial charge on any atom is -0.423 e. The lowest BCUT2D eigenvalue weighted by Crippen LogP contribution is -2.17. The number of aryl methyl sites for hydroxylation is 2. The smallest absolute Gasteiger partial charge is 0.344 e. The molecule has 0 amide bonds. The third-order valence-corrected chi connectivity index (χ3v) is 4.01. The van der Waals surface area contributed by atoms with Gasteiger partial charge in [0.2, 0.25) is 0 Å². The van der Waals surface area contributed by atoms with Crippen LogP contribution in [0.2, 0.25) is 0 Å². The minimum atomic E-state index is -0.608. The van der Waals surface area contributed by atoms with E-state index in [1.807, 2.05) is 26.0 Å². The first kappa shape index (κ1) is 17.4. The molecular formula is C22H18O4. The van der Waals surface area contributed by atoms with E-state index < -0.39 is 11.9 Å². The van der Waals surface area contributed by atoms with Crippen molar-refractivity contribution in [2.75, 3.05) is 0 Å². The fourth-order valence-corrected chi connectivity index (χ4v) is 2.43. The quantitative estimate of drug-likeness (QED) is 0.506. The van der Waals surface area contributed by atoms with Gasteiger partial charge in [0.15, 0.2) is 0 Å². The first-order valence-electron chi connectivity index (χ1n) is 8.20. The Labute approximate surface area is 152 Å². The molecule has 0 fully saturated rings. The van der Waals surface area contributed by atoms with Crippen molar-refractivity contribution in [3.05, 3.63) is 95.1 Å². The van der Waals surface area contributed by atoms with Crippen LogP contribution in [0.5, 0.6) is 11.5 Å². The summed E-state index contributed by atoms with van der Waals surface area (Å²) in [5, 5.41) is 0. The van der Waals surface area contributed by atoms with Gasteiger partial charge in [0.05, 0.1) is 11.1 Å². The second-order valence-electron chi connectivity index (χ2n) is 5.88. The lowest BCUT2D eigenvalue weighted by Gasteiger charge is -2.10. The van der Waals surface area contributed by atoms with Crippen molar-refractivity contribution in [3.63, 3.8) is 0 Å². The molecule has 4 nitrogen and oxygen atoms in total. The van der Waals surface area contributed by atoms with Crippen LogP contribution in [0.25, 0.3) is 0 Å². The van der Waals surface area contributed by atoms with Gasteiger partial charge >= 0.3 is 11.9 Å². The molecule has 3 aromatic rings. The zero-order chi connectivity index (χ0) is 18.5. The van der Waals surface area contributed by atoms with Crippen molar-refractivity contribution < 1.29 is 19.1 Å². The molecule has 0 aliphatic carbocycles. The molecule has 3 rings (SSSR count). The summed E-state index contributed by atoms with van der Waals surface area (Å²) in [7, 11) is 0. The van der Waals surface area contributed by atoms with E-state index in [0.717, 1.165) is 11.1 Å². The molecule has 0 atom stereocenters. The number of carbonyl (C=O) groups excluding carboxylic acids is 2. The van der Waals surface area contributed by atoms with Crippen molar-refractivity contribution in [2.24, 2.45) is 0 Å². The van der Waals surface area contributed by atoms with Gasteiger partial charge in [0.1, 0.15) is 11.5 Å². The van der Waals surface area contributed by atoms with Crippen LogP contribution in [0.15, 0.2) is 72.8 Å². The summed E-state index contributed by atoms with van der Waals surface area (Å²) in [5.41, 5.74) is 2.44. The third kappa shape index (κ3) is 3.98. The lowest BCUT2D eigenvalue weighted by molar-refractivity contribution is 0.0692. The summed E-state index contributed by atoms with van der Waals surface area (Å²) in [6, 6.07) is 20.5.